The molecule has 2 heteroatoms. The summed E-state index contributed by atoms with van der Waals surface area (Å²) in [5.74, 6) is 0.870. The van der Waals surface area contributed by atoms with Crippen LogP contribution in [0.4, 0.5) is 0 Å². The van der Waals surface area contributed by atoms with E-state index >= 15 is 0 Å². The van der Waals surface area contributed by atoms with Crippen molar-refractivity contribution in [3.63, 3.8) is 0 Å². The molecule has 0 N–H and O–H groups in total. The van der Waals surface area contributed by atoms with Gasteiger partial charge in [0, 0.05) is 18.6 Å². The first-order valence-corrected chi connectivity index (χ1v) is 5.44. The van der Waals surface area contributed by atoms with Crippen LogP contribution in [0.15, 0.2) is 0 Å². The summed E-state index contributed by atoms with van der Waals surface area (Å²) in [6.45, 7) is 10.6. The first kappa shape index (κ1) is 9.47. The topological polar surface area (TPSA) is 15.8 Å². The third kappa shape index (κ3) is 2.23. The van der Waals surface area contributed by atoms with E-state index in [1.165, 1.54) is 25.9 Å². The maximum atomic E-state index is 5.24. The Balaban J connectivity index is 1.82. The van der Waals surface area contributed by atoms with Gasteiger partial charge in [-0.05, 0) is 32.6 Å². The predicted molar refractivity (Wildman–Crippen MR) is 53.8 cm³/mol. The number of likely N-dealkylation sites (tertiary alicyclic amines) is 1. The van der Waals surface area contributed by atoms with Gasteiger partial charge in [0.15, 0.2) is 0 Å². The van der Waals surface area contributed by atoms with Gasteiger partial charge in [-0.25, -0.2) is 0 Å². The van der Waals surface area contributed by atoms with Gasteiger partial charge in [-0.2, -0.15) is 0 Å². The molecule has 2 aliphatic rings. The van der Waals surface area contributed by atoms with Crippen molar-refractivity contribution >= 4 is 0 Å². The molecule has 0 saturated carbocycles. The summed E-state index contributed by atoms with van der Waals surface area (Å²) >= 11 is 0. The molecule has 2 rings (SSSR count). The van der Waals surface area contributed by atoms with Crippen LogP contribution in [-0.4, -0.2) is 36.2 Å². The van der Waals surface area contributed by atoms with Crippen molar-refractivity contribution in [1.29, 1.82) is 0 Å². The number of nitrogens with zero attached hydrogens (tertiary/aromatic N) is 1. The van der Waals surface area contributed by atoms with Crippen LogP contribution in [0.1, 0.15) is 33.6 Å². The Labute approximate surface area is 81.3 Å². The average molecular weight is 183 g/mol. The van der Waals surface area contributed by atoms with Crippen LogP contribution in [-0.2, 0) is 4.74 Å². The van der Waals surface area contributed by atoms with Crippen LogP contribution in [0, 0.1) is 5.92 Å². The molecule has 0 spiro atoms. The van der Waals surface area contributed by atoms with E-state index in [1.54, 1.807) is 0 Å². The Morgan fingerprint density at radius 2 is 2.15 bits per heavy atom. The van der Waals surface area contributed by atoms with Crippen LogP contribution >= 0.6 is 0 Å². The lowest BCUT2D eigenvalue weighted by atomic mass is 9.97. The molecule has 2 unspecified atom stereocenters. The number of hydrogen-bond acceptors (Lipinski definition) is 2. The van der Waals surface area contributed by atoms with Gasteiger partial charge in [0.25, 0.3) is 0 Å². The summed E-state index contributed by atoms with van der Waals surface area (Å²) in [5.41, 5.74) is 0.425. The summed E-state index contributed by atoms with van der Waals surface area (Å²) in [6.07, 6.45) is 3.17. The fourth-order valence-electron chi connectivity index (χ4n) is 2.60. The SMILES string of the molecule is CC1CN(CCC2CO2)C(C)(C)C1. The lowest BCUT2D eigenvalue weighted by molar-refractivity contribution is 0.167. The van der Waals surface area contributed by atoms with Crippen LogP contribution in [0.25, 0.3) is 0 Å². The fraction of sp³-hybridized carbons (Fsp3) is 1.00. The van der Waals surface area contributed by atoms with Crippen molar-refractivity contribution in [3.05, 3.63) is 0 Å². The van der Waals surface area contributed by atoms with Crippen molar-refractivity contribution in [2.75, 3.05) is 19.7 Å². The van der Waals surface area contributed by atoms with E-state index < -0.39 is 0 Å². The van der Waals surface area contributed by atoms with Crippen LogP contribution in [0.2, 0.25) is 0 Å². The van der Waals surface area contributed by atoms with E-state index in [2.05, 4.69) is 25.7 Å². The molecule has 13 heavy (non-hydrogen) atoms. The summed E-state index contributed by atoms with van der Waals surface area (Å²) in [6, 6.07) is 0. The molecular weight excluding hydrogens is 162 g/mol. The molecule has 2 aliphatic heterocycles. The molecule has 0 aromatic heterocycles. The fourth-order valence-corrected chi connectivity index (χ4v) is 2.60. The predicted octanol–water partition coefficient (Wildman–Crippen LogP) is 1.90. The zero-order valence-electron chi connectivity index (χ0n) is 9.05. The van der Waals surface area contributed by atoms with Gasteiger partial charge in [0.1, 0.15) is 0 Å². The molecule has 0 radical (unpaired) electrons. The van der Waals surface area contributed by atoms with E-state index in [4.69, 9.17) is 4.74 Å². The van der Waals surface area contributed by atoms with E-state index in [0.29, 0.717) is 11.6 Å². The Kier molecular flexibility index (Phi) is 2.37. The van der Waals surface area contributed by atoms with Crippen molar-refractivity contribution in [2.24, 2.45) is 5.92 Å². The van der Waals surface area contributed by atoms with Crippen molar-refractivity contribution in [3.8, 4) is 0 Å². The maximum absolute atomic E-state index is 5.24. The highest BCUT2D eigenvalue weighted by atomic mass is 16.6. The Morgan fingerprint density at radius 1 is 1.46 bits per heavy atom. The molecule has 76 valence electrons. The first-order chi connectivity index (χ1) is 6.08. The molecule has 0 aliphatic carbocycles. The van der Waals surface area contributed by atoms with Gasteiger partial charge in [0.05, 0.1) is 12.7 Å². The van der Waals surface area contributed by atoms with Crippen molar-refractivity contribution in [2.45, 2.75) is 45.3 Å². The number of epoxide rings is 1. The van der Waals surface area contributed by atoms with Gasteiger partial charge >= 0.3 is 0 Å². The van der Waals surface area contributed by atoms with Crippen LogP contribution in [0.5, 0.6) is 0 Å². The lowest BCUT2D eigenvalue weighted by Gasteiger charge is -2.31. The highest BCUT2D eigenvalue weighted by molar-refractivity contribution is 4.91. The van der Waals surface area contributed by atoms with Gasteiger partial charge in [0.2, 0.25) is 0 Å². The van der Waals surface area contributed by atoms with E-state index in [0.717, 1.165) is 12.5 Å². The van der Waals surface area contributed by atoms with E-state index in [1.807, 2.05) is 0 Å². The Morgan fingerprint density at radius 3 is 2.62 bits per heavy atom. The zero-order chi connectivity index (χ0) is 9.47. The van der Waals surface area contributed by atoms with Crippen LogP contribution in [0.3, 0.4) is 0 Å². The normalized spacial score (nSPS) is 38.1. The quantitative estimate of drug-likeness (QED) is 0.621. The summed E-state index contributed by atoms with van der Waals surface area (Å²) in [7, 11) is 0. The highest BCUT2D eigenvalue weighted by Crippen LogP contribution is 2.32. The molecule has 0 aromatic carbocycles. The molecule has 2 atom stereocenters. The third-order valence-corrected chi connectivity index (χ3v) is 3.36. The molecule has 2 saturated heterocycles. The average Bonchev–Trinajstić information content (AvgIpc) is 2.75. The molecule has 0 aromatic rings. The van der Waals surface area contributed by atoms with E-state index in [-0.39, 0.29) is 0 Å². The second-order valence-corrected chi connectivity index (χ2v) is 5.31. The minimum absolute atomic E-state index is 0.425. The lowest BCUT2D eigenvalue weighted by Crippen LogP contribution is -2.39. The first-order valence-electron chi connectivity index (χ1n) is 5.44. The molecule has 0 bridgehead atoms. The minimum atomic E-state index is 0.425. The minimum Gasteiger partial charge on any atom is -0.373 e. The Bertz CT molecular complexity index is 187. The number of ether oxygens (including phenoxy) is 1. The highest BCUT2D eigenvalue weighted by Gasteiger charge is 2.36. The maximum Gasteiger partial charge on any atom is 0.0822 e. The molecule has 2 fully saturated rings. The summed E-state index contributed by atoms with van der Waals surface area (Å²) < 4.78 is 5.24. The molecule has 2 heterocycles. The number of hydrogen-bond donors (Lipinski definition) is 0. The second kappa shape index (κ2) is 3.25. The van der Waals surface area contributed by atoms with Crippen molar-refractivity contribution < 1.29 is 4.74 Å². The van der Waals surface area contributed by atoms with Gasteiger partial charge in [-0.1, -0.05) is 6.92 Å². The molecule has 2 nitrogen and oxygen atoms in total. The Hall–Kier alpha value is -0.0800. The monoisotopic (exact) mass is 183 g/mol. The summed E-state index contributed by atoms with van der Waals surface area (Å²) in [4.78, 5) is 2.62. The molecule has 0 amide bonds. The largest absolute Gasteiger partial charge is 0.373 e. The van der Waals surface area contributed by atoms with Gasteiger partial charge < -0.3 is 4.74 Å². The zero-order valence-corrected chi connectivity index (χ0v) is 9.05. The summed E-state index contributed by atoms with van der Waals surface area (Å²) in [5, 5.41) is 0. The van der Waals surface area contributed by atoms with Gasteiger partial charge in [-0.3, -0.25) is 4.90 Å². The molecular formula is C11H21NO. The van der Waals surface area contributed by atoms with E-state index in [9.17, 15) is 0 Å². The smallest absolute Gasteiger partial charge is 0.0822 e. The number of rotatable bonds is 3. The second-order valence-electron chi connectivity index (χ2n) is 5.31. The third-order valence-electron chi connectivity index (χ3n) is 3.36. The van der Waals surface area contributed by atoms with Crippen LogP contribution < -0.4 is 0 Å². The van der Waals surface area contributed by atoms with Gasteiger partial charge in [-0.15, -0.1) is 0 Å². The standard InChI is InChI=1S/C11H21NO/c1-9-6-11(2,3)12(7-9)5-4-10-8-13-10/h9-10H,4-8H2,1-3H3. The van der Waals surface area contributed by atoms with Crippen molar-refractivity contribution in [1.82, 2.24) is 4.90 Å².